The molecule has 1 aromatic heterocycles. The van der Waals surface area contributed by atoms with E-state index < -0.39 is 10.0 Å². The van der Waals surface area contributed by atoms with Gasteiger partial charge in [0.15, 0.2) is 8.68 Å². The Labute approximate surface area is 104 Å². The Balaban J connectivity index is 2.34. The summed E-state index contributed by atoms with van der Waals surface area (Å²) in [5.41, 5.74) is 0.501. The molecule has 4 nitrogen and oxygen atoms in total. The van der Waals surface area contributed by atoms with Crippen molar-refractivity contribution in [3.05, 3.63) is 10.2 Å². The predicted molar refractivity (Wildman–Crippen MR) is 64.5 cm³/mol. The lowest BCUT2D eigenvalue weighted by Crippen LogP contribution is -2.35. The van der Waals surface area contributed by atoms with E-state index in [4.69, 9.17) is 11.6 Å². The third-order valence-electron chi connectivity index (χ3n) is 2.62. The van der Waals surface area contributed by atoms with Gasteiger partial charge in [-0.3, -0.25) is 0 Å². The van der Waals surface area contributed by atoms with Gasteiger partial charge in [0.1, 0.15) is 0 Å². The molecule has 16 heavy (non-hydrogen) atoms. The quantitative estimate of drug-likeness (QED) is 0.835. The Morgan fingerprint density at radius 2 is 1.94 bits per heavy atom. The molecule has 2 rings (SSSR count). The van der Waals surface area contributed by atoms with Gasteiger partial charge in [0, 0.05) is 13.1 Å². The third kappa shape index (κ3) is 2.25. The molecule has 0 aromatic carbocycles. The molecular weight excluding hydrogens is 268 g/mol. The lowest BCUT2D eigenvalue weighted by Gasteiger charge is -2.25. The molecule has 0 aliphatic carbocycles. The van der Waals surface area contributed by atoms with Gasteiger partial charge in [-0.05, 0) is 19.8 Å². The van der Waals surface area contributed by atoms with Gasteiger partial charge in [0.2, 0.25) is 0 Å². The highest BCUT2D eigenvalue weighted by Crippen LogP contribution is 2.30. The van der Waals surface area contributed by atoms with Crippen molar-refractivity contribution in [3.8, 4) is 0 Å². The topological polar surface area (TPSA) is 50.3 Å². The average Bonchev–Trinajstić information content (AvgIpc) is 2.60. The van der Waals surface area contributed by atoms with E-state index in [1.165, 1.54) is 4.31 Å². The molecule has 1 fully saturated rings. The molecule has 1 aromatic rings. The van der Waals surface area contributed by atoms with Gasteiger partial charge in [0.05, 0.1) is 5.69 Å². The molecule has 1 aliphatic rings. The van der Waals surface area contributed by atoms with Crippen molar-refractivity contribution in [1.29, 1.82) is 0 Å². The van der Waals surface area contributed by atoms with Gasteiger partial charge in [-0.15, -0.1) is 0 Å². The molecule has 0 spiro atoms. The Morgan fingerprint density at radius 1 is 1.31 bits per heavy atom. The highest BCUT2D eigenvalue weighted by molar-refractivity contribution is 7.91. The maximum absolute atomic E-state index is 12.3. The van der Waals surface area contributed by atoms with Crippen molar-refractivity contribution in [3.63, 3.8) is 0 Å². The largest absolute Gasteiger partial charge is 0.254 e. The zero-order valence-corrected chi connectivity index (χ0v) is 11.3. The van der Waals surface area contributed by atoms with Gasteiger partial charge < -0.3 is 0 Å². The lowest BCUT2D eigenvalue weighted by molar-refractivity contribution is 0.347. The molecule has 90 valence electrons. The zero-order valence-electron chi connectivity index (χ0n) is 8.94. The number of thiazole rings is 1. The fourth-order valence-corrected chi connectivity index (χ4v) is 5.20. The molecule has 0 radical (unpaired) electrons. The summed E-state index contributed by atoms with van der Waals surface area (Å²) in [6, 6.07) is 0. The fraction of sp³-hybridized carbons (Fsp3) is 0.667. The molecular formula is C9H13ClN2O2S2. The molecule has 1 aliphatic heterocycles. The summed E-state index contributed by atoms with van der Waals surface area (Å²) >= 11 is 6.77. The number of aryl methyl sites for hydroxylation is 1. The number of sulfonamides is 1. The maximum Gasteiger partial charge on any atom is 0.254 e. The summed E-state index contributed by atoms with van der Waals surface area (Å²) in [7, 11) is -3.37. The number of rotatable bonds is 2. The number of hydrogen-bond acceptors (Lipinski definition) is 4. The Bertz CT molecular complexity index is 478. The average molecular weight is 281 g/mol. The van der Waals surface area contributed by atoms with E-state index in [2.05, 4.69) is 4.98 Å². The second-order valence-electron chi connectivity index (χ2n) is 3.80. The molecule has 0 atom stereocenters. The molecule has 0 N–H and O–H groups in total. The van der Waals surface area contributed by atoms with Crippen LogP contribution in [-0.2, 0) is 10.0 Å². The first kappa shape index (κ1) is 12.3. The van der Waals surface area contributed by atoms with Crippen LogP contribution < -0.4 is 0 Å². The number of halogens is 1. The number of aromatic nitrogens is 1. The van der Waals surface area contributed by atoms with Crippen molar-refractivity contribution >= 4 is 33.0 Å². The van der Waals surface area contributed by atoms with Crippen LogP contribution in [0.25, 0.3) is 0 Å². The van der Waals surface area contributed by atoms with Gasteiger partial charge in [-0.25, -0.2) is 13.4 Å². The number of nitrogens with zero attached hydrogens (tertiary/aromatic N) is 2. The lowest BCUT2D eigenvalue weighted by atomic mass is 10.2. The van der Waals surface area contributed by atoms with Gasteiger partial charge in [-0.2, -0.15) is 4.31 Å². The van der Waals surface area contributed by atoms with Crippen LogP contribution in [0.2, 0.25) is 4.47 Å². The summed E-state index contributed by atoms with van der Waals surface area (Å²) in [6.45, 7) is 2.90. The first-order valence-electron chi connectivity index (χ1n) is 5.15. The monoisotopic (exact) mass is 280 g/mol. The van der Waals surface area contributed by atoms with E-state index in [-0.39, 0.29) is 4.47 Å². The smallest absolute Gasteiger partial charge is 0.229 e. The molecule has 0 saturated carbocycles. The molecule has 7 heteroatoms. The van der Waals surface area contributed by atoms with Gasteiger partial charge in [0.25, 0.3) is 10.0 Å². The Kier molecular flexibility index (Phi) is 3.53. The second-order valence-corrected chi connectivity index (χ2v) is 7.52. The van der Waals surface area contributed by atoms with Crippen LogP contribution in [0.15, 0.2) is 4.21 Å². The van der Waals surface area contributed by atoms with Crippen molar-refractivity contribution in [2.24, 2.45) is 0 Å². The van der Waals surface area contributed by atoms with Crippen molar-refractivity contribution in [2.45, 2.75) is 30.4 Å². The SMILES string of the molecule is Cc1nc(Cl)sc1S(=O)(=O)N1CCCCC1. The minimum Gasteiger partial charge on any atom is -0.229 e. The van der Waals surface area contributed by atoms with Crippen LogP contribution in [0, 0.1) is 6.92 Å². The van der Waals surface area contributed by atoms with E-state index >= 15 is 0 Å². The second kappa shape index (κ2) is 4.60. The Morgan fingerprint density at radius 3 is 2.44 bits per heavy atom. The number of hydrogen-bond donors (Lipinski definition) is 0. The predicted octanol–water partition coefficient (Wildman–Crippen LogP) is 2.28. The summed E-state index contributed by atoms with van der Waals surface area (Å²) in [6.07, 6.45) is 2.98. The minimum absolute atomic E-state index is 0.285. The summed E-state index contributed by atoms with van der Waals surface area (Å²) in [5.74, 6) is 0. The molecule has 0 amide bonds. The highest BCUT2D eigenvalue weighted by Gasteiger charge is 2.29. The highest BCUT2D eigenvalue weighted by atomic mass is 35.5. The zero-order chi connectivity index (χ0) is 11.8. The summed E-state index contributed by atoms with van der Waals surface area (Å²) in [4.78, 5) is 3.95. The van der Waals surface area contributed by atoms with Crippen LogP contribution in [-0.4, -0.2) is 30.8 Å². The van der Waals surface area contributed by atoms with Gasteiger partial charge in [-0.1, -0.05) is 29.4 Å². The van der Waals surface area contributed by atoms with Crippen molar-refractivity contribution in [2.75, 3.05) is 13.1 Å². The van der Waals surface area contributed by atoms with Crippen LogP contribution >= 0.6 is 22.9 Å². The van der Waals surface area contributed by atoms with Crippen molar-refractivity contribution in [1.82, 2.24) is 9.29 Å². The summed E-state index contributed by atoms with van der Waals surface area (Å²) in [5, 5.41) is 0. The first-order valence-corrected chi connectivity index (χ1v) is 7.78. The molecule has 1 saturated heterocycles. The molecule has 0 unspecified atom stereocenters. The van der Waals surface area contributed by atoms with Crippen LogP contribution in [0.4, 0.5) is 0 Å². The van der Waals surface area contributed by atoms with E-state index in [0.717, 1.165) is 30.6 Å². The first-order chi connectivity index (χ1) is 7.51. The van der Waals surface area contributed by atoms with Crippen LogP contribution in [0.3, 0.4) is 0 Å². The van der Waals surface area contributed by atoms with Crippen molar-refractivity contribution < 1.29 is 8.42 Å². The van der Waals surface area contributed by atoms with Crippen LogP contribution in [0.1, 0.15) is 25.0 Å². The summed E-state index contributed by atoms with van der Waals surface area (Å²) < 4.78 is 26.6. The maximum atomic E-state index is 12.3. The van der Waals surface area contributed by atoms with E-state index in [9.17, 15) is 8.42 Å². The molecule has 2 heterocycles. The van der Waals surface area contributed by atoms with E-state index in [0.29, 0.717) is 23.0 Å². The van der Waals surface area contributed by atoms with Crippen LogP contribution in [0.5, 0.6) is 0 Å². The number of piperidine rings is 1. The normalized spacial score (nSPS) is 18.9. The molecule has 0 bridgehead atoms. The standard InChI is InChI=1S/C9H13ClN2O2S2/c1-7-8(15-9(10)11-7)16(13,14)12-5-3-2-4-6-12/h2-6H2,1H3. The minimum atomic E-state index is -3.37. The van der Waals surface area contributed by atoms with E-state index in [1.807, 2.05) is 0 Å². The fourth-order valence-electron chi connectivity index (χ4n) is 1.81. The third-order valence-corrected chi connectivity index (χ3v) is 6.36. The van der Waals surface area contributed by atoms with Gasteiger partial charge >= 0.3 is 0 Å². The van der Waals surface area contributed by atoms with E-state index in [1.54, 1.807) is 6.92 Å². The Hall–Kier alpha value is -0.170.